The summed E-state index contributed by atoms with van der Waals surface area (Å²) >= 11 is 0. The number of benzene rings is 4. The number of fused-ring (bicyclic) bond motifs is 8. The quantitative estimate of drug-likeness (QED) is 0.415. The number of hydrogen-bond acceptors (Lipinski definition) is 4. The molecule has 2 aliphatic heterocycles. The smallest absolute Gasteiger partial charge is 0.215 e. The third-order valence-electron chi connectivity index (χ3n) is 6.74. The first kappa shape index (κ1) is 18.9. The van der Waals surface area contributed by atoms with Crippen LogP contribution in [0.5, 0.6) is 11.5 Å². The van der Waals surface area contributed by atoms with E-state index < -0.39 is 5.60 Å². The molecular weight excluding hydrogens is 396 g/mol. The summed E-state index contributed by atoms with van der Waals surface area (Å²) in [6.45, 7) is 6.16. The monoisotopic (exact) mass is 420 g/mol. The Morgan fingerprint density at radius 2 is 1.59 bits per heavy atom. The molecule has 4 aromatic rings. The average molecular weight is 421 g/mol. The molecule has 1 unspecified atom stereocenters. The fourth-order valence-corrected chi connectivity index (χ4v) is 5.26. The molecule has 0 bridgehead atoms. The van der Waals surface area contributed by atoms with Crippen molar-refractivity contribution in [2.45, 2.75) is 19.4 Å². The van der Waals surface area contributed by atoms with Crippen molar-refractivity contribution in [2.24, 2.45) is 0 Å². The van der Waals surface area contributed by atoms with Crippen LogP contribution in [0.15, 0.2) is 78.9 Å². The third kappa shape index (κ3) is 2.41. The molecule has 2 aliphatic rings. The first-order valence-corrected chi connectivity index (χ1v) is 11.1. The molecule has 0 saturated carbocycles. The second-order valence-corrected chi connectivity index (χ2v) is 8.27. The Bertz CT molecular complexity index is 1390. The lowest BCUT2D eigenvalue weighted by Gasteiger charge is -2.38. The van der Waals surface area contributed by atoms with Crippen molar-refractivity contribution in [1.29, 1.82) is 5.41 Å². The standard InChI is InChI=1S/C28H24N2O2/c1-3-30(4-2)19-14-15-23-25(17-19)31-24-16-13-18-9-5-6-10-20(18)26(24)28(23)22-12-8-7-11-21(22)27(29)32-28/h5-17,29H,3-4H2,1-2H3. The van der Waals surface area contributed by atoms with Gasteiger partial charge in [-0.2, -0.15) is 0 Å². The summed E-state index contributed by atoms with van der Waals surface area (Å²) in [4.78, 5) is 2.30. The Hall–Kier alpha value is -3.79. The van der Waals surface area contributed by atoms with Gasteiger partial charge >= 0.3 is 0 Å². The van der Waals surface area contributed by atoms with E-state index in [2.05, 4.69) is 61.2 Å². The minimum atomic E-state index is -0.917. The summed E-state index contributed by atoms with van der Waals surface area (Å²) in [6.07, 6.45) is 0. The maximum atomic E-state index is 8.68. The van der Waals surface area contributed by atoms with Gasteiger partial charge in [-0.05, 0) is 48.9 Å². The molecule has 4 nitrogen and oxygen atoms in total. The van der Waals surface area contributed by atoms with E-state index in [0.717, 1.165) is 63.3 Å². The molecule has 0 amide bonds. The van der Waals surface area contributed by atoms with Crippen LogP contribution in [0, 0.1) is 5.41 Å². The van der Waals surface area contributed by atoms with Gasteiger partial charge in [0.2, 0.25) is 5.90 Å². The zero-order valence-corrected chi connectivity index (χ0v) is 18.2. The van der Waals surface area contributed by atoms with E-state index >= 15 is 0 Å². The molecule has 0 fully saturated rings. The minimum Gasteiger partial charge on any atom is -0.456 e. The largest absolute Gasteiger partial charge is 0.456 e. The predicted molar refractivity (Wildman–Crippen MR) is 128 cm³/mol. The van der Waals surface area contributed by atoms with Gasteiger partial charge in [-0.1, -0.05) is 48.5 Å². The zero-order valence-electron chi connectivity index (χ0n) is 18.2. The molecule has 0 aliphatic carbocycles. The summed E-state index contributed by atoms with van der Waals surface area (Å²) in [5, 5.41) is 10.9. The highest BCUT2D eigenvalue weighted by Crippen LogP contribution is 2.58. The zero-order chi connectivity index (χ0) is 21.9. The molecule has 158 valence electrons. The lowest BCUT2D eigenvalue weighted by Crippen LogP contribution is -2.33. The maximum Gasteiger partial charge on any atom is 0.215 e. The van der Waals surface area contributed by atoms with Crippen LogP contribution < -0.4 is 9.64 Å². The Kier molecular flexibility index (Phi) is 4.06. The molecule has 32 heavy (non-hydrogen) atoms. The number of rotatable bonds is 3. The van der Waals surface area contributed by atoms with Gasteiger partial charge in [0.15, 0.2) is 5.60 Å². The highest BCUT2D eigenvalue weighted by molar-refractivity contribution is 6.01. The molecular formula is C28H24N2O2. The van der Waals surface area contributed by atoms with Gasteiger partial charge < -0.3 is 14.4 Å². The Morgan fingerprint density at radius 1 is 0.812 bits per heavy atom. The molecule has 2 heterocycles. The topological polar surface area (TPSA) is 45.6 Å². The summed E-state index contributed by atoms with van der Waals surface area (Å²) < 4.78 is 13.1. The summed E-state index contributed by atoms with van der Waals surface area (Å²) in [5.74, 6) is 1.75. The molecule has 4 heteroatoms. The SMILES string of the molecule is CCN(CC)c1ccc2c(c1)Oc1ccc3ccccc3c1C21OC(=N)c2ccccc21. The highest BCUT2D eigenvalue weighted by atomic mass is 16.5. The summed E-state index contributed by atoms with van der Waals surface area (Å²) in [6, 6.07) is 26.8. The van der Waals surface area contributed by atoms with E-state index in [9.17, 15) is 0 Å². The average Bonchev–Trinajstić information content (AvgIpc) is 3.12. The number of anilines is 1. The van der Waals surface area contributed by atoms with Crippen LogP contribution in [0.3, 0.4) is 0 Å². The highest BCUT2D eigenvalue weighted by Gasteiger charge is 2.53. The number of nitrogens with zero attached hydrogens (tertiary/aromatic N) is 1. The fourth-order valence-electron chi connectivity index (χ4n) is 5.26. The molecule has 1 spiro atoms. The molecule has 0 aromatic heterocycles. The van der Waals surface area contributed by atoms with Crippen molar-refractivity contribution in [3.8, 4) is 11.5 Å². The first-order chi connectivity index (χ1) is 15.7. The minimum absolute atomic E-state index is 0.195. The van der Waals surface area contributed by atoms with Crippen molar-refractivity contribution in [1.82, 2.24) is 0 Å². The van der Waals surface area contributed by atoms with Crippen molar-refractivity contribution < 1.29 is 9.47 Å². The Morgan fingerprint density at radius 3 is 2.44 bits per heavy atom. The van der Waals surface area contributed by atoms with Crippen LogP contribution in [0.1, 0.15) is 36.1 Å². The van der Waals surface area contributed by atoms with Gasteiger partial charge in [-0.15, -0.1) is 0 Å². The van der Waals surface area contributed by atoms with Crippen molar-refractivity contribution in [2.75, 3.05) is 18.0 Å². The van der Waals surface area contributed by atoms with Crippen molar-refractivity contribution in [3.63, 3.8) is 0 Å². The van der Waals surface area contributed by atoms with Gasteiger partial charge in [0.1, 0.15) is 11.5 Å². The third-order valence-corrected chi connectivity index (χ3v) is 6.74. The first-order valence-electron chi connectivity index (χ1n) is 11.1. The van der Waals surface area contributed by atoms with Gasteiger partial charge in [0, 0.05) is 41.5 Å². The van der Waals surface area contributed by atoms with Crippen LogP contribution in [0.4, 0.5) is 5.69 Å². The number of ether oxygens (including phenoxy) is 2. The Labute approximate surface area is 187 Å². The number of nitrogens with one attached hydrogen (secondary N) is 1. The molecule has 6 rings (SSSR count). The van der Waals surface area contributed by atoms with Crippen LogP contribution in [0.2, 0.25) is 0 Å². The van der Waals surface area contributed by atoms with E-state index in [-0.39, 0.29) is 5.90 Å². The van der Waals surface area contributed by atoms with Crippen molar-refractivity contribution >= 4 is 22.4 Å². The van der Waals surface area contributed by atoms with Gasteiger partial charge in [0.25, 0.3) is 0 Å². The van der Waals surface area contributed by atoms with E-state index in [1.807, 2.05) is 36.4 Å². The molecule has 1 atom stereocenters. The normalized spacial score (nSPS) is 18.0. The fraction of sp³-hybridized carbons (Fsp3) is 0.179. The second-order valence-electron chi connectivity index (χ2n) is 8.27. The van der Waals surface area contributed by atoms with E-state index in [1.165, 1.54) is 0 Å². The maximum absolute atomic E-state index is 8.68. The summed E-state index contributed by atoms with van der Waals surface area (Å²) in [7, 11) is 0. The van der Waals surface area contributed by atoms with Crippen molar-refractivity contribution in [3.05, 3.63) is 101 Å². The van der Waals surface area contributed by atoms with Gasteiger partial charge in [-0.3, -0.25) is 5.41 Å². The molecule has 1 N–H and O–H groups in total. The van der Waals surface area contributed by atoms with Gasteiger partial charge in [0.05, 0.1) is 5.56 Å². The lowest BCUT2D eigenvalue weighted by atomic mass is 9.76. The van der Waals surface area contributed by atoms with Gasteiger partial charge in [-0.25, -0.2) is 0 Å². The molecule has 0 saturated heterocycles. The second kappa shape index (κ2) is 6.86. The summed E-state index contributed by atoms with van der Waals surface area (Å²) in [5.41, 5.74) is 3.92. The van der Waals surface area contributed by atoms with E-state index in [1.54, 1.807) is 0 Å². The van der Waals surface area contributed by atoms with Crippen LogP contribution in [-0.4, -0.2) is 19.0 Å². The van der Waals surface area contributed by atoms with Crippen LogP contribution >= 0.6 is 0 Å². The van der Waals surface area contributed by atoms with E-state index in [4.69, 9.17) is 14.9 Å². The lowest BCUT2D eigenvalue weighted by molar-refractivity contribution is 0.144. The van der Waals surface area contributed by atoms with Crippen LogP contribution in [0.25, 0.3) is 10.8 Å². The number of hydrogen-bond donors (Lipinski definition) is 1. The Balaban J connectivity index is 1.71. The van der Waals surface area contributed by atoms with E-state index in [0.29, 0.717) is 0 Å². The van der Waals surface area contributed by atoms with Crippen LogP contribution in [-0.2, 0) is 10.3 Å². The molecule has 0 radical (unpaired) electrons. The molecule has 4 aromatic carbocycles. The predicted octanol–water partition coefficient (Wildman–Crippen LogP) is 6.44.